The van der Waals surface area contributed by atoms with Crippen LogP contribution in [0.15, 0.2) is 30.5 Å². The molecule has 11 heteroatoms. The number of aliphatic hydroxyl groups is 1. The maximum atomic E-state index is 13.1. The van der Waals surface area contributed by atoms with Gasteiger partial charge in [-0.15, -0.1) is 0 Å². The number of aromatic nitrogens is 1. The van der Waals surface area contributed by atoms with E-state index in [0.717, 1.165) is 16.5 Å². The van der Waals surface area contributed by atoms with E-state index in [1.807, 2.05) is 45.0 Å². The molecule has 0 saturated heterocycles. The molecule has 0 fully saturated rings. The number of amides is 3. The third kappa shape index (κ3) is 8.29. The molecule has 2 aromatic rings. The number of hydrogen-bond acceptors (Lipinski definition) is 6. The Balaban J connectivity index is 2.12. The van der Waals surface area contributed by atoms with Crippen LogP contribution in [0.2, 0.25) is 0 Å². The summed E-state index contributed by atoms with van der Waals surface area (Å²) in [5, 5.41) is 28.3. The number of fused-ring (bicyclic) bond motifs is 1. The largest absolute Gasteiger partial charge is 0.480 e. The number of carboxylic acids is 1. The second-order valence-corrected chi connectivity index (χ2v) is 10.3. The van der Waals surface area contributed by atoms with Crippen LogP contribution < -0.4 is 21.7 Å². The van der Waals surface area contributed by atoms with E-state index < -0.39 is 54.0 Å². The molecule has 11 nitrogen and oxygen atoms in total. The summed E-state index contributed by atoms with van der Waals surface area (Å²) in [7, 11) is 0. The fourth-order valence-electron chi connectivity index (χ4n) is 4.19. The number of aromatic amines is 1. The van der Waals surface area contributed by atoms with Crippen LogP contribution in [0.25, 0.3) is 10.9 Å². The number of carbonyl (C=O) groups is 4. The number of hydrogen-bond donors (Lipinski definition) is 7. The summed E-state index contributed by atoms with van der Waals surface area (Å²) in [6.07, 6.45) is 1.43. The highest BCUT2D eigenvalue weighted by Crippen LogP contribution is 2.19. The highest BCUT2D eigenvalue weighted by atomic mass is 16.4. The summed E-state index contributed by atoms with van der Waals surface area (Å²) in [4.78, 5) is 53.8. The lowest BCUT2D eigenvalue weighted by Gasteiger charge is -2.29. The van der Waals surface area contributed by atoms with Gasteiger partial charge in [0, 0.05) is 17.1 Å². The standard InChI is InChI=1S/C27H41N5O6/c1-6-15(4)22(25(35)30-21(27(37)38)11-14(2)3)31-26(36)23(16(5)33)32-24(34)19(28)12-17-13-29-20-10-8-7-9-18(17)20/h7-10,13-16,19,21-23,29,33H,6,11-12,28H2,1-5H3,(H,30,35)(H,31,36)(H,32,34)(H,37,38). The maximum Gasteiger partial charge on any atom is 0.326 e. The molecule has 0 aliphatic rings. The fraction of sp³-hybridized carbons (Fsp3) is 0.556. The van der Waals surface area contributed by atoms with Gasteiger partial charge in [-0.2, -0.15) is 0 Å². The van der Waals surface area contributed by atoms with E-state index >= 15 is 0 Å². The van der Waals surface area contributed by atoms with Gasteiger partial charge in [0.15, 0.2) is 0 Å². The maximum absolute atomic E-state index is 13.1. The minimum absolute atomic E-state index is 0.0244. The van der Waals surface area contributed by atoms with Crippen molar-refractivity contribution in [3.05, 3.63) is 36.0 Å². The molecule has 1 aromatic heterocycles. The van der Waals surface area contributed by atoms with Crippen molar-refractivity contribution in [3.63, 3.8) is 0 Å². The van der Waals surface area contributed by atoms with Gasteiger partial charge in [-0.1, -0.05) is 52.3 Å². The van der Waals surface area contributed by atoms with E-state index in [1.54, 1.807) is 13.1 Å². The average molecular weight is 532 g/mol. The molecular formula is C27H41N5O6. The summed E-state index contributed by atoms with van der Waals surface area (Å²) in [5.74, 6) is -3.54. The molecule has 0 bridgehead atoms. The fourth-order valence-corrected chi connectivity index (χ4v) is 4.19. The van der Waals surface area contributed by atoms with Crippen molar-refractivity contribution < 1.29 is 29.4 Å². The number of H-pyrrole nitrogens is 1. The Morgan fingerprint density at radius 1 is 0.947 bits per heavy atom. The van der Waals surface area contributed by atoms with Gasteiger partial charge in [-0.3, -0.25) is 14.4 Å². The van der Waals surface area contributed by atoms with E-state index in [2.05, 4.69) is 20.9 Å². The number of aliphatic hydroxyl groups excluding tert-OH is 1. The highest BCUT2D eigenvalue weighted by molar-refractivity contribution is 5.94. The molecule has 0 aliphatic heterocycles. The minimum Gasteiger partial charge on any atom is -0.480 e. The normalized spacial score (nSPS) is 16.2. The van der Waals surface area contributed by atoms with E-state index in [1.165, 1.54) is 6.92 Å². The first-order valence-corrected chi connectivity index (χ1v) is 13.0. The molecular weight excluding hydrogens is 490 g/mol. The smallest absolute Gasteiger partial charge is 0.326 e. The van der Waals surface area contributed by atoms with Crippen LogP contribution in [0.4, 0.5) is 0 Å². The summed E-state index contributed by atoms with van der Waals surface area (Å²) < 4.78 is 0. The molecule has 6 unspecified atom stereocenters. The quantitative estimate of drug-likeness (QED) is 0.190. The number of benzene rings is 1. The van der Waals surface area contributed by atoms with Gasteiger partial charge in [0.25, 0.3) is 0 Å². The van der Waals surface area contributed by atoms with Gasteiger partial charge in [-0.25, -0.2) is 4.79 Å². The Bertz CT molecular complexity index is 1110. The number of nitrogens with two attached hydrogens (primary N) is 1. The Hall–Kier alpha value is -3.44. The van der Waals surface area contributed by atoms with Gasteiger partial charge >= 0.3 is 5.97 Å². The number of aliphatic carboxylic acids is 1. The predicted octanol–water partition coefficient (Wildman–Crippen LogP) is 1.05. The van der Waals surface area contributed by atoms with Crippen molar-refractivity contribution in [2.75, 3.05) is 0 Å². The van der Waals surface area contributed by atoms with Crippen LogP contribution in [0, 0.1) is 11.8 Å². The lowest BCUT2D eigenvalue weighted by Crippen LogP contribution is -2.61. The van der Waals surface area contributed by atoms with Gasteiger partial charge in [0.2, 0.25) is 17.7 Å². The average Bonchev–Trinajstić information content (AvgIpc) is 3.26. The molecule has 6 atom stereocenters. The monoisotopic (exact) mass is 531 g/mol. The van der Waals surface area contributed by atoms with E-state index in [9.17, 15) is 29.4 Å². The number of rotatable bonds is 14. The van der Waals surface area contributed by atoms with Crippen LogP contribution in [-0.2, 0) is 25.6 Å². The van der Waals surface area contributed by atoms with Crippen molar-refractivity contribution in [2.45, 2.75) is 84.2 Å². The van der Waals surface area contributed by atoms with Crippen molar-refractivity contribution in [1.82, 2.24) is 20.9 Å². The molecule has 0 aliphatic carbocycles. The third-order valence-electron chi connectivity index (χ3n) is 6.63. The first kappa shape index (κ1) is 30.8. The summed E-state index contributed by atoms with van der Waals surface area (Å²) in [6, 6.07) is 3.04. The van der Waals surface area contributed by atoms with Crippen molar-refractivity contribution in [2.24, 2.45) is 17.6 Å². The molecule has 0 radical (unpaired) electrons. The van der Waals surface area contributed by atoms with Crippen LogP contribution in [0.1, 0.15) is 53.0 Å². The van der Waals surface area contributed by atoms with E-state index in [4.69, 9.17) is 5.73 Å². The molecule has 8 N–H and O–H groups in total. The summed E-state index contributed by atoms with van der Waals surface area (Å²) in [5.41, 5.74) is 7.88. The van der Waals surface area contributed by atoms with Gasteiger partial charge in [-0.05, 0) is 43.2 Å². The third-order valence-corrected chi connectivity index (χ3v) is 6.63. The molecule has 1 heterocycles. The summed E-state index contributed by atoms with van der Waals surface area (Å²) >= 11 is 0. The number of nitrogens with one attached hydrogen (secondary N) is 4. The zero-order chi connectivity index (χ0) is 28.6. The first-order chi connectivity index (χ1) is 17.8. The van der Waals surface area contributed by atoms with Crippen LogP contribution >= 0.6 is 0 Å². The number of carboxylic acid groups (broad SMARTS) is 1. The topological polar surface area (TPSA) is 187 Å². The second kappa shape index (κ2) is 13.9. The van der Waals surface area contributed by atoms with Crippen LogP contribution in [0.3, 0.4) is 0 Å². The van der Waals surface area contributed by atoms with Gasteiger partial charge < -0.3 is 36.9 Å². The number of carbonyl (C=O) groups excluding carboxylic acids is 3. The Morgan fingerprint density at radius 3 is 2.13 bits per heavy atom. The molecule has 2 rings (SSSR count). The minimum atomic E-state index is -1.37. The second-order valence-electron chi connectivity index (χ2n) is 10.3. The van der Waals surface area contributed by atoms with Gasteiger partial charge in [0.1, 0.15) is 18.1 Å². The predicted molar refractivity (Wildman–Crippen MR) is 144 cm³/mol. The Kier molecular flexibility index (Phi) is 11.3. The lowest BCUT2D eigenvalue weighted by atomic mass is 9.96. The molecule has 38 heavy (non-hydrogen) atoms. The zero-order valence-corrected chi connectivity index (χ0v) is 22.7. The van der Waals surface area contributed by atoms with Crippen LogP contribution in [-0.4, -0.2) is 69.2 Å². The highest BCUT2D eigenvalue weighted by Gasteiger charge is 2.34. The van der Waals surface area contributed by atoms with E-state index in [0.29, 0.717) is 6.42 Å². The van der Waals surface area contributed by atoms with Crippen molar-refractivity contribution >= 4 is 34.6 Å². The molecule has 0 spiro atoms. The molecule has 210 valence electrons. The number of para-hydroxylation sites is 1. The van der Waals surface area contributed by atoms with Gasteiger partial charge in [0.05, 0.1) is 12.1 Å². The SMILES string of the molecule is CCC(C)C(NC(=O)C(NC(=O)C(N)Cc1c[nH]c2ccccc12)C(C)O)C(=O)NC(CC(C)C)C(=O)O. The summed E-state index contributed by atoms with van der Waals surface area (Å²) in [6.45, 7) is 8.61. The molecule has 3 amide bonds. The van der Waals surface area contributed by atoms with Crippen molar-refractivity contribution in [3.8, 4) is 0 Å². The van der Waals surface area contributed by atoms with E-state index in [-0.39, 0.29) is 24.7 Å². The van der Waals surface area contributed by atoms with Crippen molar-refractivity contribution in [1.29, 1.82) is 0 Å². The van der Waals surface area contributed by atoms with Crippen LogP contribution in [0.5, 0.6) is 0 Å². The molecule has 1 aromatic carbocycles. The molecule has 0 saturated carbocycles. The first-order valence-electron chi connectivity index (χ1n) is 13.0. The Morgan fingerprint density at radius 2 is 1.55 bits per heavy atom. The Labute approximate surface area is 222 Å². The zero-order valence-electron chi connectivity index (χ0n) is 22.7. The lowest BCUT2D eigenvalue weighted by molar-refractivity contribution is -0.143.